The molecule has 0 amide bonds. The van der Waals surface area contributed by atoms with Gasteiger partial charge in [0.25, 0.3) is 0 Å². The number of ether oxygens (including phenoxy) is 3. The number of nitrogens with zero attached hydrogens (tertiary/aromatic N) is 1. The van der Waals surface area contributed by atoms with E-state index in [0.717, 1.165) is 0 Å². The van der Waals surface area contributed by atoms with Crippen molar-refractivity contribution in [3.05, 3.63) is 48.1 Å². The number of likely N-dealkylation sites (N-methyl/N-ethyl adjacent to an activating group) is 1. The fourth-order valence-electron chi connectivity index (χ4n) is 4.79. The predicted octanol–water partition coefficient (Wildman–Crippen LogP) is 3.52. The van der Waals surface area contributed by atoms with Gasteiger partial charge in [0.1, 0.15) is 34.9 Å². The standard InChI is InChI=1S/C23H32F3N2O5S/c1-22(34(27,29)30)11-5-4-9-20(22)21-16-18(10-12-28(21,2)13-14-31-3)32-17-7-6-8-19(15-17)33-23(24,25)26/h4-9,15,18,21H,10-14,16H2,1-3H3,(H2,27,29,30)/q+1. The number of hydrogen-bond acceptors (Lipinski definition) is 5. The molecule has 0 saturated carbocycles. The van der Waals surface area contributed by atoms with E-state index >= 15 is 0 Å². The van der Waals surface area contributed by atoms with Crippen LogP contribution in [-0.4, -0.2) is 70.0 Å². The molecule has 34 heavy (non-hydrogen) atoms. The Bertz CT molecular complexity index is 1040. The number of benzene rings is 1. The molecule has 0 bridgehead atoms. The van der Waals surface area contributed by atoms with Crippen molar-refractivity contribution in [3.63, 3.8) is 0 Å². The summed E-state index contributed by atoms with van der Waals surface area (Å²) in [7, 11) is -0.247. The number of nitrogens with two attached hydrogens (primary N) is 1. The summed E-state index contributed by atoms with van der Waals surface area (Å²) >= 11 is 0. The molecule has 1 aliphatic carbocycles. The first-order chi connectivity index (χ1) is 15.8. The highest BCUT2D eigenvalue weighted by atomic mass is 32.2. The van der Waals surface area contributed by atoms with Crippen molar-refractivity contribution in [1.29, 1.82) is 0 Å². The first-order valence-electron chi connectivity index (χ1n) is 11.0. The molecule has 0 aromatic heterocycles. The number of alkyl halides is 3. The van der Waals surface area contributed by atoms with E-state index in [4.69, 9.17) is 14.6 Å². The van der Waals surface area contributed by atoms with Crippen molar-refractivity contribution in [2.45, 2.75) is 49.4 Å². The van der Waals surface area contributed by atoms with Crippen LogP contribution in [-0.2, 0) is 14.8 Å². The van der Waals surface area contributed by atoms with E-state index in [1.165, 1.54) is 18.2 Å². The van der Waals surface area contributed by atoms with Crippen LogP contribution >= 0.6 is 0 Å². The number of methoxy groups -OCH3 is 1. The molecule has 1 aromatic carbocycles. The number of halogens is 3. The van der Waals surface area contributed by atoms with E-state index in [2.05, 4.69) is 11.8 Å². The average Bonchev–Trinajstić information content (AvgIpc) is 2.73. The topological polar surface area (TPSA) is 87.8 Å². The van der Waals surface area contributed by atoms with Gasteiger partial charge in [0, 0.05) is 31.6 Å². The summed E-state index contributed by atoms with van der Waals surface area (Å²) < 4.78 is 77.7. The molecule has 190 valence electrons. The molecule has 2 N–H and O–H groups in total. The SMILES string of the molecule is COCC[N+]1(C)CCC(Oc2cccc(OC(F)(F)F)c2)CC1C1=CC=CCC1(C)S(N)(=O)=O. The van der Waals surface area contributed by atoms with Gasteiger partial charge in [-0.15, -0.1) is 13.2 Å². The molecule has 1 heterocycles. The van der Waals surface area contributed by atoms with Gasteiger partial charge in [0.2, 0.25) is 10.0 Å². The average molecular weight is 506 g/mol. The van der Waals surface area contributed by atoms with Crippen LogP contribution in [0, 0.1) is 0 Å². The zero-order chi connectivity index (χ0) is 25.2. The van der Waals surface area contributed by atoms with Gasteiger partial charge < -0.3 is 18.7 Å². The Kier molecular flexibility index (Phi) is 7.71. The third-order valence-corrected chi connectivity index (χ3v) is 8.52. The number of allylic oxidation sites excluding steroid dienone is 3. The van der Waals surface area contributed by atoms with E-state index in [1.807, 2.05) is 12.2 Å². The molecule has 1 aromatic rings. The smallest absolute Gasteiger partial charge is 0.490 e. The first kappa shape index (κ1) is 26.5. The van der Waals surface area contributed by atoms with Crippen LogP contribution in [0.1, 0.15) is 26.2 Å². The molecule has 4 unspecified atom stereocenters. The number of primary sulfonamides is 1. The van der Waals surface area contributed by atoms with Gasteiger partial charge in [0.15, 0.2) is 0 Å². The summed E-state index contributed by atoms with van der Waals surface area (Å²) in [4.78, 5) is 0. The zero-order valence-corrected chi connectivity index (χ0v) is 20.4. The Morgan fingerprint density at radius 1 is 1.26 bits per heavy atom. The molecule has 1 aliphatic heterocycles. The highest BCUT2D eigenvalue weighted by Gasteiger charge is 2.51. The van der Waals surface area contributed by atoms with Crippen molar-refractivity contribution in [2.75, 3.05) is 33.9 Å². The summed E-state index contributed by atoms with van der Waals surface area (Å²) in [6.07, 6.45) is 1.68. The summed E-state index contributed by atoms with van der Waals surface area (Å²) in [5.74, 6) is -0.106. The third kappa shape index (κ3) is 5.94. The highest BCUT2D eigenvalue weighted by molar-refractivity contribution is 7.90. The Balaban J connectivity index is 1.89. The summed E-state index contributed by atoms with van der Waals surface area (Å²) in [6.45, 7) is 3.45. The maximum Gasteiger partial charge on any atom is 0.573 e. The second kappa shape index (κ2) is 9.88. The largest absolute Gasteiger partial charge is 0.573 e. The lowest BCUT2D eigenvalue weighted by Crippen LogP contribution is -2.63. The molecule has 3 rings (SSSR count). The quantitative estimate of drug-likeness (QED) is 0.547. The van der Waals surface area contributed by atoms with E-state index in [0.29, 0.717) is 42.6 Å². The van der Waals surface area contributed by atoms with Gasteiger partial charge in [-0.1, -0.05) is 24.3 Å². The van der Waals surface area contributed by atoms with E-state index in [1.54, 1.807) is 26.2 Å². The van der Waals surface area contributed by atoms with Crippen LogP contribution in [0.15, 0.2) is 48.1 Å². The minimum absolute atomic E-state index is 0.239. The first-order valence-corrected chi connectivity index (χ1v) is 12.6. The van der Waals surface area contributed by atoms with Crippen molar-refractivity contribution in [3.8, 4) is 11.5 Å². The second-order valence-electron chi connectivity index (χ2n) is 9.25. The Morgan fingerprint density at radius 2 is 1.97 bits per heavy atom. The van der Waals surface area contributed by atoms with Gasteiger partial charge in [-0.25, -0.2) is 13.6 Å². The van der Waals surface area contributed by atoms with E-state index in [-0.39, 0.29) is 30.1 Å². The number of quaternary nitrogens is 1. The molecule has 7 nitrogen and oxygen atoms in total. The van der Waals surface area contributed by atoms with Crippen LogP contribution in [0.4, 0.5) is 13.2 Å². The van der Waals surface area contributed by atoms with Crippen molar-refractivity contribution in [2.24, 2.45) is 5.14 Å². The minimum Gasteiger partial charge on any atom is -0.490 e. The maximum atomic E-state index is 12.6. The Labute approximate surface area is 198 Å². The third-order valence-electron chi connectivity index (χ3n) is 6.87. The molecule has 0 spiro atoms. The van der Waals surface area contributed by atoms with Crippen LogP contribution in [0.3, 0.4) is 0 Å². The molecular weight excluding hydrogens is 473 g/mol. The van der Waals surface area contributed by atoms with Gasteiger partial charge in [-0.2, -0.15) is 0 Å². The monoisotopic (exact) mass is 505 g/mol. The molecule has 1 saturated heterocycles. The normalized spacial score (nSPS) is 30.0. The minimum atomic E-state index is -4.80. The van der Waals surface area contributed by atoms with Crippen LogP contribution in [0.25, 0.3) is 0 Å². The molecule has 11 heteroatoms. The summed E-state index contributed by atoms with van der Waals surface area (Å²) in [5, 5.41) is 5.68. The van der Waals surface area contributed by atoms with Gasteiger partial charge >= 0.3 is 6.36 Å². The maximum absolute atomic E-state index is 12.6. The van der Waals surface area contributed by atoms with Crippen LogP contribution < -0.4 is 14.6 Å². The number of hydrogen-bond donors (Lipinski definition) is 1. The molecular formula is C23H32F3N2O5S+. The number of sulfonamides is 1. The van der Waals surface area contributed by atoms with Crippen LogP contribution in [0.2, 0.25) is 0 Å². The summed E-state index contributed by atoms with van der Waals surface area (Å²) in [6, 6.07) is 5.18. The molecule has 2 aliphatic rings. The van der Waals surface area contributed by atoms with Crippen molar-refractivity contribution >= 4 is 10.0 Å². The van der Waals surface area contributed by atoms with Gasteiger partial charge in [0.05, 0.1) is 20.2 Å². The predicted molar refractivity (Wildman–Crippen MR) is 122 cm³/mol. The van der Waals surface area contributed by atoms with E-state index in [9.17, 15) is 21.6 Å². The molecule has 4 atom stereocenters. The lowest BCUT2D eigenvalue weighted by atomic mass is 9.80. The fourth-order valence-corrected chi connectivity index (χ4v) is 5.65. The van der Waals surface area contributed by atoms with Crippen molar-refractivity contribution < 1.29 is 40.3 Å². The number of likely N-dealkylation sites (tertiary alicyclic amines) is 1. The zero-order valence-electron chi connectivity index (χ0n) is 19.5. The lowest BCUT2D eigenvalue weighted by Gasteiger charge is -2.50. The molecule has 1 fully saturated rings. The van der Waals surface area contributed by atoms with Gasteiger partial charge in [-0.3, -0.25) is 0 Å². The van der Waals surface area contributed by atoms with Gasteiger partial charge in [-0.05, 0) is 25.5 Å². The Morgan fingerprint density at radius 3 is 2.62 bits per heavy atom. The summed E-state index contributed by atoms with van der Waals surface area (Å²) in [5.41, 5.74) is 0.707. The lowest BCUT2D eigenvalue weighted by molar-refractivity contribution is -0.934. The highest BCUT2D eigenvalue weighted by Crippen LogP contribution is 2.41. The Hall–Kier alpha value is -2.08. The number of rotatable bonds is 8. The fraction of sp³-hybridized carbons (Fsp3) is 0.565. The van der Waals surface area contributed by atoms with E-state index < -0.39 is 21.1 Å². The number of piperidine rings is 1. The van der Waals surface area contributed by atoms with Crippen LogP contribution in [0.5, 0.6) is 11.5 Å². The second-order valence-corrected chi connectivity index (χ2v) is 11.2. The van der Waals surface area contributed by atoms with Crippen molar-refractivity contribution in [1.82, 2.24) is 0 Å². The molecule has 0 radical (unpaired) electrons.